The second kappa shape index (κ2) is 11.1. The van der Waals surface area contributed by atoms with E-state index in [1.54, 1.807) is 61.8 Å². The molecule has 8 nitrogen and oxygen atoms in total. The maximum absolute atomic E-state index is 12.9. The number of carbonyl (C=O) groups excluding carboxylic acids is 2. The fourth-order valence-corrected chi connectivity index (χ4v) is 7.03. The third-order valence-corrected chi connectivity index (χ3v) is 8.96. The lowest BCUT2D eigenvalue weighted by Gasteiger charge is -2.27. The van der Waals surface area contributed by atoms with E-state index in [2.05, 4.69) is 0 Å². The van der Waals surface area contributed by atoms with Gasteiger partial charge in [0.05, 0.1) is 39.9 Å². The Labute approximate surface area is 230 Å². The summed E-state index contributed by atoms with van der Waals surface area (Å²) < 4.78 is 21.6. The highest BCUT2D eigenvalue weighted by molar-refractivity contribution is 8.01. The number of hydrogen-bond acceptors (Lipinski definition) is 8. The van der Waals surface area contributed by atoms with Crippen molar-refractivity contribution < 1.29 is 28.5 Å². The fourth-order valence-electron chi connectivity index (χ4n) is 4.67. The summed E-state index contributed by atoms with van der Waals surface area (Å²) in [5, 5.41) is -0.344. The summed E-state index contributed by atoms with van der Waals surface area (Å²) in [4.78, 5) is 29.4. The molecule has 0 aliphatic carbocycles. The predicted molar refractivity (Wildman–Crippen MR) is 151 cm³/mol. The van der Waals surface area contributed by atoms with Crippen LogP contribution in [0.25, 0.3) is 0 Å². The number of nitrogens with zero attached hydrogens (tertiary/aromatic N) is 2. The van der Waals surface area contributed by atoms with E-state index in [1.165, 1.54) is 0 Å². The van der Waals surface area contributed by atoms with Crippen molar-refractivity contribution in [2.75, 3.05) is 49.7 Å². The molecule has 0 spiro atoms. The van der Waals surface area contributed by atoms with Crippen molar-refractivity contribution in [1.82, 2.24) is 0 Å². The highest BCUT2D eigenvalue weighted by atomic mass is 32.2. The summed E-state index contributed by atoms with van der Waals surface area (Å²) in [5.41, 5.74) is 3.52. The number of ether oxygens (including phenoxy) is 4. The van der Waals surface area contributed by atoms with Gasteiger partial charge in [-0.3, -0.25) is 19.4 Å². The normalized spacial score (nSPS) is 19.2. The lowest BCUT2D eigenvalue weighted by atomic mass is 10.1. The first kappa shape index (κ1) is 26.1. The molecule has 3 aromatic rings. The van der Waals surface area contributed by atoms with Crippen molar-refractivity contribution in [3.8, 4) is 23.0 Å². The Hall–Kier alpha value is -3.50. The zero-order chi connectivity index (χ0) is 26.8. The second-order valence-electron chi connectivity index (χ2n) is 8.60. The van der Waals surface area contributed by atoms with E-state index in [4.69, 9.17) is 18.9 Å². The smallest absolute Gasteiger partial charge is 0.238 e. The Kier molecular flexibility index (Phi) is 7.62. The minimum Gasteiger partial charge on any atom is -0.493 e. The van der Waals surface area contributed by atoms with Crippen LogP contribution >= 0.6 is 23.5 Å². The van der Waals surface area contributed by atoms with E-state index in [0.29, 0.717) is 34.5 Å². The number of anilines is 2. The molecule has 0 radical (unpaired) electrons. The van der Waals surface area contributed by atoms with Gasteiger partial charge >= 0.3 is 0 Å². The van der Waals surface area contributed by atoms with Crippen molar-refractivity contribution >= 4 is 46.7 Å². The van der Waals surface area contributed by atoms with Crippen molar-refractivity contribution in [3.63, 3.8) is 0 Å². The monoisotopic (exact) mass is 552 g/mol. The van der Waals surface area contributed by atoms with Gasteiger partial charge in [-0.15, -0.1) is 23.5 Å². The number of carbonyl (C=O) groups is 2. The lowest BCUT2D eigenvalue weighted by Crippen LogP contribution is -2.28. The molecule has 0 N–H and O–H groups in total. The van der Waals surface area contributed by atoms with Gasteiger partial charge in [0.1, 0.15) is 10.7 Å². The van der Waals surface area contributed by atoms with Gasteiger partial charge < -0.3 is 18.9 Å². The second-order valence-corrected chi connectivity index (χ2v) is 10.7. The van der Waals surface area contributed by atoms with E-state index in [-0.39, 0.29) is 22.6 Å². The topological polar surface area (TPSA) is 77.5 Å². The van der Waals surface area contributed by atoms with Crippen LogP contribution in [0.4, 0.5) is 11.4 Å². The molecule has 5 rings (SSSR count). The minimum absolute atomic E-state index is 0.0351. The Morgan fingerprint density at radius 3 is 1.29 bits per heavy atom. The molecule has 0 aromatic heterocycles. The van der Waals surface area contributed by atoms with Gasteiger partial charge in [-0.2, -0.15) is 0 Å². The number of thioether (sulfide) groups is 2. The van der Waals surface area contributed by atoms with Crippen LogP contribution in [0.1, 0.15) is 21.9 Å². The highest BCUT2D eigenvalue weighted by Crippen LogP contribution is 2.46. The van der Waals surface area contributed by atoms with Crippen LogP contribution < -0.4 is 28.7 Å². The van der Waals surface area contributed by atoms with Crippen molar-refractivity contribution in [2.24, 2.45) is 0 Å². The van der Waals surface area contributed by atoms with Crippen LogP contribution in [0.5, 0.6) is 23.0 Å². The third-order valence-electron chi connectivity index (χ3n) is 6.53. The van der Waals surface area contributed by atoms with Gasteiger partial charge in [0.15, 0.2) is 23.0 Å². The number of amides is 2. The van der Waals surface area contributed by atoms with Crippen LogP contribution in [0.15, 0.2) is 60.7 Å². The van der Waals surface area contributed by atoms with Crippen molar-refractivity contribution in [1.29, 1.82) is 0 Å². The molecule has 3 aromatic carbocycles. The average molecular weight is 553 g/mol. The van der Waals surface area contributed by atoms with E-state index < -0.39 is 0 Å². The zero-order valence-electron chi connectivity index (χ0n) is 21.5. The number of benzene rings is 3. The molecule has 0 saturated carbocycles. The van der Waals surface area contributed by atoms with Gasteiger partial charge in [0.25, 0.3) is 0 Å². The van der Waals surface area contributed by atoms with E-state index in [1.807, 2.05) is 60.7 Å². The molecule has 2 aliphatic rings. The van der Waals surface area contributed by atoms with Crippen molar-refractivity contribution in [3.05, 3.63) is 71.8 Å². The molecule has 2 unspecified atom stereocenters. The standard InChI is InChI=1S/C28H28N2O6S2/c1-33-21-11-9-19(13-23(21)35-3)29-25(31)15-37-27(29)17-5-7-18(8-6-17)28-30(26(32)16-38-28)20-10-12-22(34-2)24(14-20)36-4/h5-14,27-28H,15-16H2,1-4H3. The molecule has 2 heterocycles. The summed E-state index contributed by atoms with van der Waals surface area (Å²) in [6.07, 6.45) is 0. The van der Waals surface area contributed by atoms with E-state index in [9.17, 15) is 9.59 Å². The summed E-state index contributed by atoms with van der Waals surface area (Å²) in [7, 11) is 6.33. The molecule has 38 heavy (non-hydrogen) atoms. The molecule has 2 amide bonds. The lowest BCUT2D eigenvalue weighted by molar-refractivity contribution is -0.116. The Morgan fingerprint density at radius 2 is 0.947 bits per heavy atom. The first-order valence-corrected chi connectivity index (χ1v) is 14.0. The number of rotatable bonds is 8. The van der Waals surface area contributed by atoms with Crippen LogP contribution in [-0.2, 0) is 9.59 Å². The first-order valence-electron chi connectivity index (χ1n) is 11.9. The number of methoxy groups -OCH3 is 4. The largest absolute Gasteiger partial charge is 0.493 e. The SMILES string of the molecule is COc1ccc(N2C(=O)CSC2c2ccc(C3SCC(=O)N3c3ccc(OC)c(OC)c3)cc2)cc1OC. The fraction of sp³-hybridized carbons (Fsp3) is 0.286. The first-order chi connectivity index (χ1) is 18.5. The van der Waals surface area contributed by atoms with Gasteiger partial charge in [0.2, 0.25) is 11.8 Å². The molecule has 2 atom stereocenters. The molecule has 198 valence electrons. The Bertz CT molecular complexity index is 1250. The van der Waals surface area contributed by atoms with Crippen LogP contribution in [0, 0.1) is 0 Å². The molecule has 2 fully saturated rings. The summed E-state index contributed by atoms with van der Waals surface area (Å²) in [6.45, 7) is 0. The van der Waals surface area contributed by atoms with E-state index >= 15 is 0 Å². The summed E-state index contributed by atoms with van der Waals surface area (Å²) in [6, 6.07) is 19.2. The van der Waals surface area contributed by atoms with Gasteiger partial charge in [-0.25, -0.2) is 0 Å². The maximum atomic E-state index is 12.9. The molecular formula is C28H28N2O6S2. The van der Waals surface area contributed by atoms with Crippen LogP contribution in [0.2, 0.25) is 0 Å². The van der Waals surface area contributed by atoms with Gasteiger partial charge in [-0.05, 0) is 35.4 Å². The molecular weight excluding hydrogens is 524 g/mol. The van der Waals surface area contributed by atoms with Gasteiger partial charge in [-0.1, -0.05) is 24.3 Å². The average Bonchev–Trinajstić information content (AvgIpc) is 3.54. The van der Waals surface area contributed by atoms with Crippen molar-refractivity contribution in [2.45, 2.75) is 10.7 Å². The highest BCUT2D eigenvalue weighted by Gasteiger charge is 2.37. The van der Waals surface area contributed by atoms with Crippen LogP contribution in [0.3, 0.4) is 0 Å². The quantitative estimate of drug-likeness (QED) is 0.374. The minimum atomic E-state index is -0.172. The summed E-state index contributed by atoms with van der Waals surface area (Å²) >= 11 is 3.16. The van der Waals surface area contributed by atoms with Gasteiger partial charge in [0, 0.05) is 23.5 Å². The Balaban J connectivity index is 1.41. The third kappa shape index (κ3) is 4.74. The molecule has 0 bridgehead atoms. The number of hydrogen-bond donors (Lipinski definition) is 0. The molecule has 10 heteroatoms. The predicted octanol–water partition coefficient (Wildman–Crippen LogP) is 5.28. The maximum Gasteiger partial charge on any atom is 0.238 e. The zero-order valence-corrected chi connectivity index (χ0v) is 23.1. The van der Waals surface area contributed by atoms with E-state index in [0.717, 1.165) is 22.5 Å². The summed E-state index contributed by atoms with van der Waals surface area (Å²) in [5.74, 6) is 3.21. The molecule has 2 aliphatic heterocycles. The molecule has 2 saturated heterocycles. The van der Waals surface area contributed by atoms with Crippen LogP contribution in [-0.4, -0.2) is 51.8 Å². The Morgan fingerprint density at radius 1 is 0.579 bits per heavy atom.